The number of halogens is 1. The highest BCUT2D eigenvalue weighted by Gasteiger charge is 2.09. The fraction of sp³-hybridized carbons (Fsp3) is 0.167. The van der Waals surface area contributed by atoms with Crippen LogP contribution in [0.1, 0.15) is 23.5 Å². The van der Waals surface area contributed by atoms with Crippen molar-refractivity contribution in [3.63, 3.8) is 0 Å². The highest BCUT2D eigenvalue weighted by Crippen LogP contribution is 2.22. The van der Waals surface area contributed by atoms with Crippen LogP contribution in [0.5, 0.6) is 0 Å². The van der Waals surface area contributed by atoms with Crippen LogP contribution in [0.4, 0.5) is 10.1 Å². The molecular formula is C12H10FN3S. The molecule has 1 unspecified atom stereocenters. The van der Waals surface area contributed by atoms with E-state index in [-0.39, 0.29) is 11.6 Å². The summed E-state index contributed by atoms with van der Waals surface area (Å²) < 4.78 is 13.4. The molecule has 0 aliphatic carbocycles. The Labute approximate surface area is 103 Å². The number of benzene rings is 1. The second-order valence-electron chi connectivity index (χ2n) is 3.54. The van der Waals surface area contributed by atoms with Crippen LogP contribution in [0.3, 0.4) is 0 Å². The molecule has 2 rings (SSSR count). The van der Waals surface area contributed by atoms with Crippen LogP contribution in [0.15, 0.2) is 29.8 Å². The summed E-state index contributed by atoms with van der Waals surface area (Å²) in [5.41, 5.74) is 0.696. The van der Waals surface area contributed by atoms with Crippen LogP contribution < -0.4 is 5.32 Å². The molecule has 17 heavy (non-hydrogen) atoms. The van der Waals surface area contributed by atoms with E-state index in [4.69, 9.17) is 5.26 Å². The van der Waals surface area contributed by atoms with Crippen molar-refractivity contribution in [2.75, 3.05) is 5.32 Å². The van der Waals surface area contributed by atoms with Gasteiger partial charge in [0.05, 0.1) is 11.6 Å². The van der Waals surface area contributed by atoms with Crippen molar-refractivity contribution < 1.29 is 4.39 Å². The number of nitrogens with zero attached hydrogens (tertiary/aromatic N) is 2. The Hall–Kier alpha value is -1.93. The molecule has 3 nitrogen and oxygen atoms in total. The molecule has 1 heterocycles. The van der Waals surface area contributed by atoms with Crippen molar-refractivity contribution in [3.8, 4) is 6.07 Å². The zero-order valence-electron chi connectivity index (χ0n) is 9.14. The van der Waals surface area contributed by atoms with Gasteiger partial charge in [0.2, 0.25) is 0 Å². The minimum Gasteiger partial charge on any atom is -0.376 e. The molecule has 1 aromatic carbocycles. The first-order valence-corrected chi connectivity index (χ1v) is 5.94. The molecule has 5 heteroatoms. The van der Waals surface area contributed by atoms with E-state index in [1.807, 2.05) is 12.3 Å². The van der Waals surface area contributed by atoms with Gasteiger partial charge in [0.15, 0.2) is 0 Å². The molecule has 0 saturated heterocycles. The fourth-order valence-corrected chi connectivity index (χ4v) is 2.10. The summed E-state index contributed by atoms with van der Waals surface area (Å²) in [6, 6.07) is 6.28. The van der Waals surface area contributed by atoms with Gasteiger partial charge in [0.1, 0.15) is 16.9 Å². The minimum atomic E-state index is -0.510. The van der Waals surface area contributed by atoms with Gasteiger partial charge in [-0.25, -0.2) is 9.37 Å². The molecule has 1 aromatic heterocycles. The summed E-state index contributed by atoms with van der Waals surface area (Å²) in [6.07, 6.45) is 1.73. The van der Waals surface area contributed by atoms with Gasteiger partial charge in [-0.2, -0.15) is 5.26 Å². The summed E-state index contributed by atoms with van der Waals surface area (Å²) >= 11 is 1.54. The third-order valence-corrected chi connectivity index (χ3v) is 3.25. The number of thiazole rings is 1. The lowest BCUT2D eigenvalue weighted by Gasteiger charge is -2.12. The van der Waals surface area contributed by atoms with E-state index in [1.54, 1.807) is 29.7 Å². The summed E-state index contributed by atoms with van der Waals surface area (Å²) in [6.45, 7) is 1.95. The number of nitriles is 1. The predicted molar refractivity (Wildman–Crippen MR) is 65.3 cm³/mol. The van der Waals surface area contributed by atoms with Crippen LogP contribution in [-0.2, 0) is 0 Å². The van der Waals surface area contributed by atoms with Gasteiger partial charge in [-0.15, -0.1) is 11.3 Å². The molecular weight excluding hydrogens is 237 g/mol. The number of rotatable bonds is 3. The maximum atomic E-state index is 13.4. The fourth-order valence-electron chi connectivity index (χ4n) is 1.46. The third kappa shape index (κ3) is 2.60. The maximum Gasteiger partial charge on any atom is 0.143 e. The molecule has 0 amide bonds. The van der Waals surface area contributed by atoms with E-state index in [2.05, 4.69) is 10.3 Å². The lowest BCUT2D eigenvalue weighted by molar-refractivity contribution is 0.624. The average molecular weight is 247 g/mol. The highest BCUT2D eigenvalue weighted by molar-refractivity contribution is 7.09. The monoisotopic (exact) mass is 247 g/mol. The lowest BCUT2D eigenvalue weighted by Crippen LogP contribution is -2.06. The first-order chi connectivity index (χ1) is 8.20. The van der Waals surface area contributed by atoms with Crippen molar-refractivity contribution in [1.29, 1.82) is 5.26 Å². The van der Waals surface area contributed by atoms with Crippen LogP contribution in [0.25, 0.3) is 0 Å². The Morgan fingerprint density at radius 2 is 2.35 bits per heavy atom. The van der Waals surface area contributed by atoms with Gasteiger partial charge in [-0.1, -0.05) is 0 Å². The van der Waals surface area contributed by atoms with Crippen molar-refractivity contribution in [3.05, 3.63) is 46.2 Å². The molecule has 0 spiro atoms. The Morgan fingerprint density at radius 3 is 2.94 bits per heavy atom. The zero-order chi connectivity index (χ0) is 12.3. The molecule has 86 valence electrons. The molecule has 2 aromatic rings. The van der Waals surface area contributed by atoms with Gasteiger partial charge in [0, 0.05) is 17.3 Å². The standard InChI is InChI=1S/C12H10FN3S/c1-8(12-15-4-5-17-12)16-10-3-2-9(7-14)11(13)6-10/h2-6,8,16H,1H3. The van der Waals surface area contributed by atoms with Crippen molar-refractivity contribution in [2.45, 2.75) is 13.0 Å². The number of hydrogen-bond donors (Lipinski definition) is 1. The number of nitrogens with one attached hydrogen (secondary N) is 1. The SMILES string of the molecule is CC(Nc1ccc(C#N)c(F)c1)c1nccs1. The second-order valence-corrected chi connectivity index (χ2v) is 4.47. The molecule has 1 atom stereocenters. The van der Waals surface area contributed by atoms with E-state index in [1.165, 1.54) is 12.1 Å². The number of aromatic nitrogens is 1. The van der Waals surface area contributed by atoms with E-state index >= 15 is 0 Å². The van der Waals surface area contributed by atoms with E-state index in [9.17, 15) is 4.39 Å². The van der Waals surface area contributed by atoms with Crippen LogP contribution in [0.2, 0.25) is 0 Å². The largest absolute Gasteiger partial charge is 0.376 e. The topological polar surface area (TPSA) is 48.7 Å². The Balaban J connectivity index is 2.15. The third-order valence-electron chi connectivity index (χ3n) is 2.29. The minimum absolute atomic E-state index is 0.0161. The van der Waals surface area contributed by atoms with Gasteiger partial charge in [0.25, 0.3) is 0 Å². The first kappa shape index (κ1) is 11.6. The van der Waals surface area contributed by atoms with Crippen LogP contribution in [0, 0.1) is 17.1 Å². The smallest absolute Gasteiger partial charge is 0.143 e. The second kappa shape index (κ2) is 4.93. The molecule has 0 aliphatic rings. The van der Waals surface area contributed by atoms with Gasteiger partial charge in [-0.05, 0) is 25.1 Å². The van der Waals surface area contributed by atoms with Crippen molar-refractivity contribution >= 4 is 17.0 Å². The van der Waals surface area contributed by atoms with Gasteiger partial charge < -0.3 is 5.32 Å². The summed E-state index contributed by atoms with van der Waals surface area (Å²) in [5, 5.41) is 14.6. The van der Waals surface area contributed by atoms with Gasteiger partial charge >= 0.3 is 0 Å². The molecule has 0 saturated carbocycles. The van der Waals surface area contributed by atoms with Crippen molar-refractivity contribution in [2.24, 2.45) is 0 Å². The predicted octanol–water partition coefficient (Wildman–Crippen LogP) is 3.33. The maximum absolute atomic E-state index is 13.4. The number of hydrogen-bond acceptors (Lipinski definition) is 4. The molecule has 0 radical (unpaired) electrons. The van der Waals surface area contributed by atoms with E-state index < -0.39 is 5.82 Å². The summed E-state index contributed by atoms with van der Waals surface area (Å²) in [7, 11) is 0. The Kier molecular flexibility index (Phi) is 3.35. The Morgan fingerprint density at radius 1 is 1.53 bits per heavy atom. The van der Waals surface area contributed by atoms with Crippen molar-refractivity contribution in [1.82, 2.24) is 4.98 Å². The van der Waals surface area contributed by atoms with Crippen LogP contribution in [-0.4, -0.2) is 4.98 Å². The highest BCUT2D eigenvalue weighted by atomic mass is 32.1. The quantitative estimate of drug-likeness (QED) is 0.905. The Bertz CT molecular complexity index is 545. The molecule has 0 fully saturated rings. The molecule has 0 aliphatic heterocycles. The lowest BCUT2D eigenvalue weighted by atomic mass is 10.2. The van der Waals surface area contributed by atoms with Crippen LogP contribution >= 0.6 is 11.3 Å². The zero-order valence-corrected chi connectivity index (χ0v) is 9.96. The molecule has 0 bridgehead atoms. The average Bonchev–Trinajstić information content (AvgIpc) is 2.82. The van der Waals surface area contributed by atoms with Gasteiger partial charge in [-0.3, -0.25) is 0 Å². The summed E-state index contributed by atoms with van der Waals surface area (Å²) in [5.74, 6) is -0.510. The van der Waals surface area contributed by atoms with E-state index in [0.717, 1.165) is 5.01 Å². The number of anilines is 1. The molecule has 1 N–H and O–H groups in total. The first-order valence-electron chi connectivity index (χ1n) is 5.06. The van der Waals surface area contributed by atoms with E-state index in [0.29, 0.717) is 5.69 Å². The normalized spacial score (nSPS) is 11.8. The summed E-state index contributed by atoms with van der Waals surface area (Å²) in [4.78, 5) is 4.18.